The number of nitrogens with one attached hydrogen (secondary N) is 1. The molecular weight excluding hydrogens is 654 g/mol. The highest BCUT2D eigenvalue weighted by molar-refractivity contribution is 5.76. The van der Waals surface area contributed by atoms with Gasteiger partial charge < -0.3 is 65.1 Å². The van der Waals surface area contributed by atoms with E-state index in [-0.39, 0.29) is 12.5 Å². The molecule has 0 spiro atoms. The Labute approximate surface area is 297 Å². The SMILES string of the molecule is CCC/C=C\CCCCCCCC(=O)NC(COC1OC(CO)C(OC2OC(CO)C(O)C(O)C2O)C(O)C1O)C(O)CCCCCCCC. The van der Waals surface area contributed by atoms with Gasteiger partial charge in [0.1, 0.15) is 48.8 Å². The van der Waals surface area contributed by atoms with Gasteiger partial charge in [0.25, 0.3) is 0 Å². The molecule has 12 unspecified atom stereocenters. The number of ether oxygens (including phenoxy) is 4. The third-order valence-corrected chi connectivity index (χ3v) is 9.46. The van der Waals surface area contributed by atoms with Crippen molar-refractivity contribution in [3.8, 4) is 0 Å². The maximum Gasteiger partial charge on any atom is 0.220 e. The van der Waals surface area contributed by atoms with Gasteiger partial charge in [0.15, 0.2) is 12.6 Å². The molecule has 0 aromatic carbocycles. The number of aliphatic hydroxyl groups is 8. The smallest absolute Gasteiger partial charge is 0.220 e. The van der Waals surface area contributed by atoms with Crippen LogP contribution in [0, 0.1) is 0 Å². The van der Waals surface area contributed by atoms with Crippen LogP contribution in [0.2, 0.25) is 0 Å². The van der Waals surface area contributed by atoms with Gasteiger partial charge in [0.05, 0.1) is 32.0 Å². The van der Waals surface area contributed by atoms with Crippen molar-refractivity contribution in [3.63, 3.8) is 0 Å². The molecule has 2 heterocycles. The van der Waals surface area contributed by atoms with Gasteiger partial charge in [0.2, 0.25) is 5.91 Å². The second kappa shape index (κ2) is 25.7. The number of hydrogen-bond donors (Lipinski definition) is 9. The fourth-order valence-electron chi connectivity index (χ4n) is 6.23. The van der Waals surface area contributed by atoms with E-state index in [2.05, 4.69) is 31.3 Å². The average Bonchev–Trinajstić information content (AvgIpc) is 3.11. The summed E-state index contributed by atoms with van der Waals surface area (Å²) in [5.74, 6) is -0.227. The van der Waals surface area contributed by atoms with E-state index < -0.39 is 86.8 Å². The van der Waals surface area contributed by atoms with Crippen molar-refractivity contribution in [1.82, 2.24) is 5.32 Å². The third-order valence-electron chi connectivity index (χ3n) is 9.46. The van der Waals surface area contributed by atoms with Crippen molar-refractivity contribution in [1.29, 1.82) is 0 Å². The second-order valence-electron chi connectivity index (χ2n) is 13.7. The summed E-state index contributed by atoms with van der Waals surface area (Å²) >= 11 is 0. The molecule has 1 amide bonds. The van der Waals surface area contributed by atoms with Crippen LogP contribution < -0.4 is 5.32 Å². The molecule has 294 valence electrons. The largest absolute Gasteiger partial charge is 0.394 e. The lowest BCUT2D eigenvalue weighted by Gasteiger charge is -2.46. The van der Waals surface area contributed by atoms with E-state index >= 15 is 0 Å². The predicted molar refractivity (Wildman–Crippen MR) is 185 cm³/mol. The first-order valence-electron chi connectivity index (χ1n) is 18.9. The summed E-state index contributed by atoms with van der Waals surface area (Å²) in [4.78, 5) is 12.9. The van der Waals surface area contributed by atoms with Crippen LogP contribution >= 0.6 is 0 Å². The van der Waals surface area contributed by atoms with Crippen LogP contribution in [0.25, 0.3) is 0 Å². The van der Waals surface area contributed by atoms with Gasteiger partial charge in [-0.05, 0) is 32.1 Å². The van der Waals surface area contributed by atoms with Gasteiger partial charge in [-0.1, -0.05) is 90.2 Å². The van der Waals surface area contributed by atoms with Crippen LogP contribution in [0.15, 0.2) is 12.2 Å². The minimum absolute atomic E-state index is 0.227. The third kappa shape index (κ3) is 15.4. The first-order valence-corrected chi connectivity index (χ1v) is 18.9. The van der Waals surface area contributed by atoms with E-state index in [1.807, 2.05) is 0 Å². The van der Waals surface area contributed by atoms with Gasteiger partial charge in [-0.15, -0.1) is 0 Å². The summed E-state index contributed by atoms with van der Waals surface area (Å²) in [6.07, 6.45) is 2.88. The van der Waals surface area contributed by atoms with Gasteiger partial charge in [-0.2, -0.15) is 0 Å². The lowest BCUT2D eigenvalue weighted by Crippen LogP contribution is -2.65. The molecule has 14 nitrogen and oxygen atoms in total. The fraction of sp³-hybridized carbons (Fsp3) is 0.917. The van der Waals surface area contributed by atoms with Gasteiger partial charge in [-0.25, -0.2) is 0 Å². The topological polar surface area (TPSA) is 228 Å². The Bertz CT molecular complexity index is 909. The fourth-order valence-corrected chi connectivity index (χ4v) is 6.23. The monoisotopic (exact) mass is 721 g/mol. The minimum Gasteiger partial charge on any atom is -0.394 e. The summed E-state index contributed by atoms with van der Waals surface area (Å²) in [6, 6.07) is -0.823. The molecule has 0 aliphatic carbocycles. The molecule has 50 heavy (non-hydrogen) atoms. The number of rotatable bonds is 26. The Morgan fingerprint density at radius 2 is 1.30 bits per heavy atom. The molecule has 0 aromatic rings. The van der Waals surface area contributed by atoms with Gasteiger partial charge in [-0.3, -0.25) is 4.79 Å². The molecule has 0 bridgehead atoms. The molecule has 0 aromatic heterocycles. The zero-order chi connectivity index (χ0) is 36.9. The summed E-state index contributed by atoms with van der Waals surface area (Å²) in [6.45, 7) is 2.65. The lowest BCUT2D eigenvalue weighted by atomic mass is 9.97. The number of amides is 1. The molecule has 0 saturated carbocycles. The van der Waals surface area contributed by atoms with E-state index in [9.17, 15) is 45.6 Å². The highest BCUT2D eigenvalue weighted by Gasteiger charge is 2.50. The van der Waals surface area contributed by atoms with Crippen LogP contribution in [0.4, 0.5) is 0 Å². The second-order valence-corrected chi connectivity index (χ2v) is 13.7. The van der Waals surface area contributed by atoms with Gasteiger partial charge in [0, 0.05) is 6.42 Å². The molecule has 2 fully saturated rings. The molecule has 9 N–H and O–H groups in total. The Balaban J connectivity index is 1.95. The Hall–Kier alpha value is -1.27. The molecule has 2 aliphatic rings. The first-order chi connectivity index (χ1) is 24.1. The highest BCUT2D eigenvalue weighted by Crippen LogP contribution is 2.30. The Morgan fingerprint density at radius 3 is 1.98 bits per heavy atom. The van der Waals surface area contributed by atoms with E-state index in [1.165, 1.54) is 0 Å². The number of hydrogen-bond acceptors (Lipinski definition) is 13. The minimum atomic E-state index is -1.78. The zero-order valence-corrected chi connectivity index (χ0v) is 30.1. The van der Waals surface area contributed by atoms with Crippen LogP contribution in [-0.2, 0) is 23.7 Å². The summed E-state index contributed by atoms with van der Waals surface area (Å²) in [5, 5.41) is 85.8. The van der Waals surface area contributed by atoms with Crippen molar-refractivity contribution in [2.75, 3.05) is 19.8 Å². The van der Waals surface area contributed by atoms with Crippen LogP contribution in [-0.4, -0.2) is 140 Å². The van der Waals surface area contributed by atoms with Crippen molar-refractivity contribution in [3.05, 3.63) is 12.2 Å². The molecule has 12 atom stereocenters. The van der Waals surface area contributed by atoms with E-state index in [1.54, 1.807) is 0 Å². The number of carbonyl (C=O) groups is 1. The number of aliphatic hydroxyl groups excluding tert-OH is 8. The maximum atomic E-state index is 12.9. The van der Waals surface area contributed by atoms with Gasteiger partial charge >= 0.3 is 0 Å². The van der Waals surface area contributed by atoms with E-state index in [0.29, 0.717) is 19.3 Å². The molecule has 2 aliphatic heterocycles. The normalized spacial score (nSPS) is 31.6. The molecule has 2 rings (SSSR count). The molecule has 14 heteroatoms. The first kappa shape index (κ1) is 44.9. The molecule has 0 radical (unpaired) electrons. The van der Waals surface area contributed by atoms with Crippen LogP contribution in [0.5, 0.6) is 0 Å². The number of unbranched alkanes of at least 4 members (excludes halogenated alkanes) is 11. The number of allylic oxidation sites excluding steroid dienone is 2. The summed E-state index contributed by atoms with van der Waals surface area (Å²) in [7, 11) is 0. The van der Waals surface area contributed by atoms with Crippen molar-refractivity contribution < 1.29 is 64.6 Å². The van der Waals surface area contributed by atoms with E-state index in [4.69, 9.17) is 18.9 Å². The van der Waals surface area contributed by atoms with Crippen LogP contribution in [0.1, 0.15) is 117 Å². The van der Waals surface area contributed by atoms with Crippen LogP contribution in [0.3, 0.4) is 0 Å². The van der Waals surface area contributed by atoms with Crippen molar-refractivity contribution >= 4 is 5.91 Å². The molecule has 2 saturated heterocycles. The summed E-state index contributed by atoms with van der Waals surface area (Å²) < 4.78 is 22.5. The standard InChI is InChI=1S/C36H67NO13/c1-3-5-7-9-11-12-13-14-16-18-20-28(41)37-24(25(40)19-17-15-10-8-6-4-2)23-47-35-33(46)31(44)34(27(22-39)49-35)50-36-32(45)30(43)29(42)26(21-38)48-36/h7,9,24-27,29-36,38-40,42-46H,3-6,8,10-23H2,1-2H3,(H,37,41)/b9-7-. The average molecular weight is 722 g/mol. The Kier molecular flexibility index (Phi) is 23.0. The lowest BCUT2D eigenvalue weighted by molar-refractivity contribution is -0.359. The zero-order valence-electron chi connectivity index (χ0n) is 30.1. The Morgan fingerprint density at radius 1 is 0.700 bits per heavy atom. The quantitative estimate of drug-likeness (QED) is 0.0454. The van der Waals surface area contributed by atoms with Crippen molar-refractivity contribution in [2.45, 2.75) is 190 Å². The van der Waals surface area contributed by atoms with Crippen molar-refractivity contribution in [2.24, 2.45) is 0 Å². The highest BCUT2D eigenvalue weighted by atomic mass is 16.7. The van der Waals surface area contributed by atoms with E-state index in [0.717, 1.165) is 83.5 Å². The maximum absolute atomic E-state index is 12.9. The predicted octanol–water partition coefficient (Wildman–Crippen LogP) is 1.31. The molecular formula is C36H67NO13. The number of carbonyl (C=O) groups excluding carboxylic acids is 1. The summed E-state index contributed by atoms with van der Waals surface area (Å²) in [5.41, 5.74) is 0.